The first-order valence-corrected chi connectivity index (χ1v) is 10.8. The molecule has 0 amide bonds. The minimum absolute atomic E-state index is 0. The van der Waals surface area contributed by atoms with Gasteiger partial charge in [0.25, 0.3) is 0 Å². The van der Waals surface area contributed by atoms with E-state index in [1.807, 2.05) is 0 Å². The van der Waals surface area contributed by atoms with Crippen LogP contribution in [0.1, 0.15) is 11.1 Å². The van der Waals surface area contributed by atoms with Gasteiger partial charge in [-0.3, -0.25) is 4.79 Å². The number of methoxy groups -OCH3 is 4. The first-order valence-electron chi connectivity index (χ1n) is 9.06. The maximum atomic E-state index is 12.7. The predicted molar refractivity (Wildman–Crippen MR) is 124 cm³/mol. The summed E-state index contributed by atoms with van der Waals surface area (Å²) in [4.78, 5) is 10.8. The van der Waals surface area contributed by atoms with Crippen molar-refractivity contribution < 1.29 is 37.3 Å². The van der Waals surface area contributed by atoms with E-state index in [1.165, 1.54) is 34.5 Å². The Bertz CT molecular complexity index is 1040. The van der Waals surface area contributed by atoms with Crippen molar-refractivity contribution in [2.75, 3.05) is 40.3 Å². The molecule has 0 saturated heterocycles. The van der Waals surface area contributed by atoms with Crippen LogP contribution < -0.4 is 24.3 Å². The third-order valence-electron chi connectivity index (χ3n) is 4.26. The van der Waals surface area contributed by atoms with Gasteiger partial charge in [0.1, 0.15) is 29.5 Å². The molecule has 2 aromatic carbocycles. The fourth-order valence-corrected chi connectivity index (χ4v) is 3.89. The van der Waals surface area contributed by atoms with E-state index in [9.17, 15) is 13.2 Å². The van der Waals surface area contributed by atoms with Gasteiger partial charge >= 0.3 is 35.5 Å². The monoisotopic (exact) mass is 475 g/mol. The molecular formula is C21H26NNaO8S. The normalized spacial score (nSPS) is 10.9. The number of sulfone groups is 1. The van der Waals surface area contributed by atoms with E-state index < -0.39 is 15.8 Å². The van der Waals surface area contributed by atoms with Crippen molar-refractivity contribution in [3.05, 3.63) is 46.9 Å². The second kappa shape index (κ2) is 12.6. The van der Waals surface area contributed by atoms with E-state index in [0.29, 0.717) is 39.8 Å². The number of nitrogens with one attached hydrogen (secondary N) is 1. The molecule has 0 heterocycles. The Hall–Kier alpha value is -2.40. The van der Waals surface area contributed by atoms with Gasteiger partial charge in [0, 0.05) is 17.5 Å². The Labute approximate surface area is 209 Å². The summed E-state index contributed by atoms with van der Waals surface area (Å²) in [5.74, 6) is 0.361. The molecule has 170 valence electrons. The summed E-state index contributed by atoms with van der Waals surface area (Å²) in [6, 6.07) is 7.97. The van der Waals surface area contributed by atoms with E-state index in [2.05, 4.69) is 5.32 Å². The first-order chi connectivity index (χ1) is 14.7. The van der Waals surface area contributed by atoms with Crippen LogP contribution in [0.4, 0.5) is 5.69 Å². The van der Waals surface area contributed by atoms with Crippen LogP contribution in [0.5, 0.6) is 23.0 Å². The van der Waals surface area contributed by atoms with Gasteiger partial charge in [-0.2, -0.15) is 0 Å². The van der Waals surface area contributed by atoms with Crippen molar-refractivity contribution in [2.45, 2.75) is 5.75 Å². The molecule has 0 saturated carbocycles. The van der Waals surface area contributed by atoms with Crippen molar-refractivity contribution in [1.29, 1.82) is 0 Å². The molecule has 2 rings (SSSR count). The number of rotatable bonds is 11. The molecule has 11 heteroatoms. The zero-order chi connectivity index (χ0) is 23.0. The van der Waals surface area contributed by atoms with E-state index in [0.717, 1.165) is 5.41 Å². The zero-order valence-corrected chi connectivity index (χ0v) is 18.5. The number of carbonyl (C=O) groups is 1. The Balaban J connectivity index is 0.00000512. The minimum atomic E-state index is -3.67. The second-order valence-corrected chi connectivity index (χ2v) is 8.22. The number of benzene rings is 2. The first kappa shape index (κ1) is 27.6. The molecule has 0 bridgehead atoms. The van der Waals surface area contributed by atoms with Crippen LogP contribution in [-0.4, -0.2) is 84.0 Å². The van der Waals surface area contributed by atoms with Gasteiger partial charge in [0.15, 0.2) is 9.84 Å². The van der Waals surface area contributed by atoms with Crippen LogP contribution in [-0.2, 0) is 20.4 Å². The van der Waals surface area contributed by atoms with Crippen molar-refractivity contribution in [1.82, 2.24) is 0 Å². The van der Waals surface area contributed by atoms with Gasteiger partial charge in [0.05, 0.1) is 45.4 Å². The maximum absolute atomic E-state index is 12.7. The van der Waals surface area contributed by atoms with Gasteiger partial charge in [-0.1, -0.05) is 6.07 Å². The average Bonchev–Trinajstić information content (AvgIpc) is 2.75. The number of hydrogen-bond donors (Lipinski definition) is 2. The molecule has 2 N–H and O–H groups in total. The zero-order valence-electron chi connectivity index (χ0n) is 17.7. The number of anilines is 1. The molecule has 0 unspecified atom stereocenters. The van der Waals surface area contributed by atoms with Crippen molar-refractivity contribution in [3.63, 3.8) is 0 Å². The topological polar surface area (TPSA) is 120 Å². The van der Waals surface area contributed by atoms with E-state index >= 15 is 0 Å². The third kappa shape index (κ3) is 7.63. The number of aliphatic carboxylic acids is 1. The molecule has 2 aromatic rings. The third-order valence-corrected chi connectivity index (χ3v) is 5.54. The van der Waals surface area contributed by atoms with Gasteiger partial charge < -0.3 is 29.4 Å². The van der Waals surface area contributed by atoms with Crippen molar-refractivity contribution in [3.8, 4) is 23.0 Å². The van der Waals surface area contributed by atoms with Crippen LogP contribution in [0.15, 0.2) is 35.7 Å². The molecule has 0 aliphatic rings. The fourth-order valence-electron chi connectivity index (χ4n) is 2.80. The molecule has 0 atom stereocenters. The van der Waals surface area contributed by atoms with Gasteiger partial charge in [-0.25, -0.2) is 8.42 Å². The van der Waals surface area contributed by atoms with E-state index in [1.54, 1.807) is 30.3 Å². The van der Waals surface area contributed by atoms with Crippen molar-refractivity contribution in [2.24, 2.45) is 0 Å². The van der Waals surface area contributed by atoms with Gasteiger partial charge in [-0.15, -0.1) is 0 Å². The number of carboxylic acid groups (broad SMARTS) is 1. The van der Waals surface area contributed by atoms with Crippen LogP contribution in [0, 0.1) is 0 Å². The number of ether oxygens (including phenoxy) is 4. The average molecular weight is 475 g/mol. The summed E-state index contributed by atoms with van der Waals surface area (Å²) < 4.78 is 46.4. The Kier molecular flexibility index (Phi) is 10.9. The second-order valence-electron chi connectivity index (χ2n) is 6.34. The Morgan fingerprint density at radius 3 is 2.06 bits per heavy atom. The van der Waals surface area contributed by atoms with Crippen molar-refractivity contribution >= 4 is 57.1 Å². The van der Waals surface area contributed by atoms with E-state index in [4.69, 9.17) is 24.1 Å². The summed E-state index contributed by atoms with van der Waals surface area (Å²) in [6.07, 6.45) is 1.40. The molecule has 0 fully saturated rings. The molecule has 0 aliphatic heterocycles. The molecule has 32 heavy (non-hydrogen) atoms. The number of carboxylic acids is 1. The summed E-state index contributed by atoms with van der Waals surface area (Å²) in [5, 5.41) is 12.6. The van der Waals surface area contributed by atoms with Crippen LogP contribution >= 0.6 is 0 Å². The molecule has 9 nitrogen and oxygen atoms in total. The molecule has 0 radical (unpaired) electrons. The predicted octanol–water partition coefficient (Wildman–Crippen LogP) is 2.15. The Morgan fingerprint density at radius 2 is 1.56 bits per heavy atom. The van der Waals surface area contributed by atoms with Crippen LogP contribution in [0.3, 0.4) is 0 Å². The molecule has 0 aromatic heterocycles. The molecule has 0 spiro atoms. The van der Waals surface area contributed by atoms with Gasteiger partial charge in [-0.05, 0) is 23.8 Å². The van der Waals surface area contributed by atoms with Crippen LogP contribution in [0.25, 0.3) is 6.08 Å². The summed E-state index contributed by atoms with van der Waals surface area (Å²) in [7, 11) is 2.19. The Morgan fingerprint density at radius 1 is 0.969 bits per heavy atom. The standard InChI is InChI=1S/C21H25NO8S.Na.H/c1-27-15-10-19(29-3)16(20(11-15)30-4)7-8-31(25,26)13-14-5-6-18(28-2)17(9-14)22-12-21(23)24;;/h5-11,22H,12-13H2,1-4H3,(H,23,24);;. The van der Waals surface area contributed by atoms with Crippen LogP contribution in [0.2, 0.25) is 0 Å². The summed E-state index contributed by atoms with van der Waals surface area (Å²) in [5.41, 5.74) is 1.31. The van der Waals surface area contributed by atoms with Gasteiger partial charge in [0.2, 0.25) is 0 Å². The molecule has 0 aliphatic carbocycles. The quantitative estimate of drug-likeness (QED) is 0.471. The molecular weight excluding hydrogens is 449 g/mol. The summed E-state index contributed by atoms with van der Waals surface area (Å²) in [6.45, 7) is -0.330. The number of hydrogen-bond acceptors (Lipinski definition) is 8. The fraction of sp³-hybridized carbons (Fsp3) is 0.286. The summed E-state index contributed by atoms with van der Waals surface area (Å²) >= 11 is 0. The van der Waals surface area contributed by atoms with E-state index in [-0.39, 0.29) is 41.9 Å². The SMILES string of the molecule is COc1cc(OC)c(C=CS(=O)(=O)Cc2ccc(OC)c(NCC(=O)O)c2)c(OC)c1.[NaH].